The lowest BCUT2D eigenvalue weighted by Gasteiger charge is -2.33. The highest BCUT2D eigenvalue weighted by atomic mass is 32.1. The predicted octanol–water partition coefficient (Wildman–Crippen LogP) is 2.17. The topological polar surface area (TPSA) is 54.3 Å². The summed E-state index contributed by atoms with van der Waals surface area (Å²) in [5, 5.41) is 1.12. The van der Waals surface area contributed by atoms with Gasteiger partial charge in [0.1, 0.15) is 5.69 Å². The minimum atomic E-state index is 0.00331. The van der Waals surface area contributed by atoms with E-state index in [1.165, 1.54) is 4.88 Å². The van der Waals surface area contributed by atoms with E-state index in [9.17, 15) is 4.79 Å². The molecule has 0 aromatic carbocycles. The number of amides is 1. The van der Waals surface area contributed by atoms with E-state index in [1.54, 1.807) is 33.3 Å². The Kier molecular flexibility index (Phi) is 4.66. The van der Waals surface area contributed by atoms with Crippen molar-refractivity contribution < 1.29 is 4.79 Å². The van der Waals surface area contributed by atoms with Crippen LogP contribution in [0, 0.1) is 12.8 Å². The van der Waals surface area contributed by atoms with Gasteiger partial charge in [0.2, 0.25) is 0 Å². The third kappa shape index (κ3) is 3.72. The number of carbonyl (C=O) groups is 1. The molecule has 2 aromatic rings. The van der Waals surface area contributed by atoms with Gasteiger partial charge in [-0.3, -0.25) is 4.79 Å². The highest BCUT2D eigenvalue weighted by Crippen LogP contribution is 2.27. The molecule has 0 N–H and O–H groups in total. The molecule has 1 saturated heterocycles. The number of thiazole rings is 1. The van der Waals surface area contributed by atoms with E-state index < -0.39 is 0 Å². The van der Waals surface area contributed by atoms with Crippen molar-refractivity contribution in [3.8, 4) is 0 Å². The van der Waals surface area contributed by atoms with Crippen molar-refractivity contribution in [1.29, 1.82) is 0 Å². The van der Waals surface area contributed by atoms with Gasteiger partial charge in [0, 0.05) is 51.0 Å². The summed E-state index contributed by atoms with van der Waals surface area (Å²) >= 11 is 1.75. The largest absolute Gasteiger partial charge is 0.348 e. The van der Waals surface area contributed by atoms with Crippen molar-refractivity contribution in [2.45, 2.75) is 19.8 Å². The quantitative estimate of drug-likeness (QED) is 0.860. The number of nitrogens with zero attached hydrogens (tertiary/aromatic N) is 5. The molecule has 3 rings (SSSR count). The van der Waals surface area contributed by atoms with Crippen LogP contribution in [0.5, 0.6) is 0 Å². The maximum absolute atomic E-state index is 12.4. The molecule has 0 unspecified atom stereocenters. The standard InChI is InChI=1S/C16H23N5OS/c1-12-8-17-16(23-12)21-6-4-13(5-7-21)9-20(3)15(22)14-10-19(2)11-18-14/h8,10-11,13H,4-7,9H2,1-3H3. The Morgan fingerprint density at radius 3 is 2.70 bits per heavy atom. The molecule has 1 fully saturated rings. The highest BCUT2D eigenvalue weighted by Gasteiger charge is 2.24. The van der Waals surface area contributed by atoms with Crippen molar-refractivity contribution in [2.75, 3.05) is 31.6 Å². The summed E-state index contributed by atoms with van der Waals surface area (Å²) in [5.41, 5.74) is 0.519. The van der Waals surface area contributed by atoms with Crippen LogP contribution in [-0.2, 0) is 7.05 Å². The van der Waals surface area contributed by atoms with Gasteiger partial charge in [-0.15, -0.1) is 11.3 Å². The van der Waals surface area contributed by atoms with Gasteiger partial charge in [-0.1, -0.05) is 0 Å². The third-order valence-electron chi connectivity index (χ3n) is 4.30. The van der Waals surface area contributed by atoms with Crippen molar-refractivity contribution in [3.63, 3.8) is 0 Å². The van der Waals surface area contributed by atoms with E-state index in [2.05, 4.69) is 21.8 Å². The fraction of sp³-hybridized carbons (Fsp3) is 0.562. The summed E-state index contributed by atoms with van der Waals surface area (Å²) in [7, 11) is 3.74. The van der Waals surface area contributed by atoms with E-state index in [-0.39, 0.29) is 5.91 Å². The molecule has 0 spiro atoms. The summed E-state index contributed by atoms with van der Waals surface area (Å²) in [6.45, 7) is 4.92. The van der Waals surface area contributed by atoms with Crippen molar-refractivity contribution in [1.82, 2.24) is 19.4 Å². The van der Waals surface area contributed by atoms with E-state index in [1.807, 2.05) is 20.3 Å². The normalized spacial score (nSPS) is 15.9. The second kappa shape index (κ2) is 6.70. The fourth-order valence-electron chi connectivity index (χ4n) is 2.98. The fourth-order valence-corrected chi connectivity index (χ4v) is 3.80. The van der Waals surface area contributed by atoms with Crippen LogP contribution < -0.4 is 4.90 Å². The van der Waals surface area contributed by atoms with Gasteiger partial charge < -0.3 is 14.4 Å². The Bertz CT molecular complexity index is 672. The number of aryl methyl sites for hydroxylation is 2. The van der Waals surface area contributed by atoms with Crippen LogP contribution in [0.1, 0.15) is 28.2 Å². The van der Waals surface area contributed by atoms with E-state index in [0.29, 0.717) is 11.6 Å². The molecule has 0 aliphatic carbocycles. The summed E-state index contributed by atoms with van der Waals surface area (Å²) in [6.07, 6.45) is 7.56. The van der Waals surface area contributed by atoms with Gasteiger partial charge in [0.05, 0.1) is 6.33 Å². The Morgan fingerprint density at radius 2 is 2.13 bits per heavy atom. The number of aromatic nitrogens is 3. The number of imidazole rings is 1. The van der Waals surface area contributed by atoms with Crippen molar-refractivity contribution >= 4 is 22.4 Å². The van der Waals surface area contributed by atoms with Crippen LogP contribution >= 0.6 is 11.3 Å². The molecule has 1 aliphatic rings. The Labute approximate surface area is 140 Å². The molecule has 1 amide bonds. The van der Waals surface area contributed by atoms with Crippen LogP contribution in [0.4, 0.5) is 5.13 Å². The zero-order chi connectivity index (χ0) is 16.4. The zero-order valence-corrected chi connectivity index (χ0v) is 14.7. The zero-order valence-electron chi connectivity index (χ0n) is 13.9. The number of anilines is 1. The highest BCUT2D eigenvalue weighted by molar-refractivity contribution is 7.15. The van der Waals surface area contributed by atoms with Crippen LogP contribution in [0.2, 0.25) is 0 Å². The first-order valence-electron chi connectivity index (χ1n) is 7.93. The van der Waals surface area contributed by atoms with E-state index >= 15 is 0 Å². The summed E-state index contributed by atoms with van der Waals surface area (Å²) in [5.74, 6) is 0.550. The second-order valence-corrected chi connectivity index (χ2v) is 7.51. The maximum Gasteiger partial charge on any atom is 0.273 e. The molecule has 3 heterocycles. The Balaban J connectivity index is 1.51. The molecule has 124 valence electrons. The number of carbonyl (C=O) groups excluding carboxylic acids is 1. The SMILES string of the molecule is Cc1cnc(N2CCC(CN(C)C(=O)c3cn(C)cn3)CC2)s1. The van der Waals surface area contributed by atoms with Gasteiger partial charge in [0.15, 0.2) is 5.13 Å². The van der Waals surface area contributed by atoms with Crippen LogP contribution in [0.15, 0.2) is 18.7 Å². The summed E-state index contributed by atoms with van der Waals surface area (Å²) in [6, 6.07) is 0. The first kappa shape index (κ1) is 16.0. The number of rotatable bonds is 4. The van der Waals surface area contributed by atoms with Crippen molar-refractivity contribution in [2.24, 2.45) is 13.0 Å². The lowest BCUT2D eigenvalue weighted by molar-refractivity contribution is 0.0759. The monoisotopic (exact) mass is 333 g/mol. The van der Waals surface area contributed by atoms with Gasteiger partial charge >= 0.3 is 0 Å². The number of piperidine rings is 1. The molecule has 0 bridgehead atoms. The molecule has 6 nitrogen and oxygen atoms in total. The molecule has 2 aromatic heterocycles. The van der Waals surface area contributed by atoms with Crippen molar-refractivity contribution in [3.05, 3.63) is 29.3 Å². The molecule has 0 saturated carbocycles. The lowest BCUT2D eigenvalue weighted by atomic mass is 9.96. The Hall–Kier alpha value is -1.89. The summed E-state index contributed by atoms with van der Waals surface area (Å²) < 4.78 is 1.80. The van der Waals surface area contributed by atoms with Gasteiger partial charge in [-0.2, -0.15) is 0 Å². The summed E-state index contributed by atoms with van der Waals surface area (Å²) in [4.78, 5) is 26.4. The molecular weight excluding hydrogens is 310 g/mol. The van der Waals surface area contributed by atoms with Gasteiger partial charge in [0.25, 0.3) is 5.91 Å². The maximum atomic E-state index is 12.4. The Morgan fingerprint density at radius 1 is 1.39 bits per heavy atom. The van der Waals surface area contributed by atoms with E-state index in [4.69, 9.17) is 0 Å². The molecule has 0 radical (unpaired) electrons. The van der Waals surface area contributed by atoms with Crippen LogP contribution in [0.25, 0.3) is 0 Å². The number of hydrogen-bond acceptors (Lipinski definition) is 5. The molecular formula is C16H23N5OS. The third-order valence-corrected chi connectivity index (χ3v) is 5.27. The van der Waals surface area contributed by atoms with Gasteiger partial charge in [-0.25, -0.2) is 9.97 Å². The first-order valence-corrected chi connectivity index (χ1v) is 8.75. The lowest BCUT2D eigenvalue weighted by Crippen LogP contribution is -2.39. The smallest absolute Gasteiger partial charge is 0.273 e. The molecule has 23 heavy (non-hydrogen) atoms. The average Bonchev–Trinajstić information content (AvgIpc) is 3.16. The van der Waals surface area contributed by atoms with E-state index in [0.717, 1.165) is 37.6 Å². The molecule has 0 atom stereocenters. The average molecular weight is 333 g/mol. The molecule has 7 heteroatoms. The first-order chi connectivity index (χ1) is 11.0. The van der Waals surface area contributed by atoms with Crippen LogP contribution in [0.3, 0.4) is 0 Å². The predicted molar refractivity (Wildman–Crippen MR) is 92.0 cm³/mol. The van der Waals surface area contributed by atoms with Gasteiger partial charge in [-0.05, 0) is 25.7 Å². The number of hydrogen-bond donors (Lipinski definition) is 0. The molecule has 1 aliphatic heterocycles. The minimum absolute atomic E-state index is 0.00331. The second-order valence-electron chi connectivity index (χ2n) is 6.29. The minimum Gasteiger partial charge on any atom is -0.348 e. The van der Waals surface area contributed by atoms with Crippen LogP contribution in [-0.4, -0.2) is 52.0 Å².